The first kappa shape index (κ1) is 15.1. The highest BCUT2D eigenvalue weighted by Crippen LogP contribution is 2.25. The predicted octanol–water partition coefficient (Wildman–Crippen LogP) is 3.66. The van der Waals surface area contributed by atoms with Crippen molar-refractivity contribution in [2.75, 3.05) is 11.9 Å². The number of nitriles is 1. The first-order chi connectivity index (χ1) is 10.0. The zero-order valence-electron chi connectivity index (χ0n) is 11.4. The summed E-state index contributed by atoms with van der Waals surface area (Å²) in [6.07, 6.45) is 0. The van der Waals surface area contributed by atoms with Crippen LogP contribution in [0.3, 0.4) is 0 Å². The third-order valence-corrected chi connectivity index (χ3v) is 3.57. The molecule has 0 fully saturated rings. The third kappa shape index (κ3) is 3.61. The number of aromatic carboxylic acids is 1. The van der Waals surface area contributed by atoms with Gasteiger partial charge in [0.2, 0.25) is 0 Å². The molecule has 1 N–H and O–H groups in total. The van der Waals surface area contributed by atoms with Crippen LogP contribution in [0.25, 0.3) is 0 Å². The van der Waals surface area contributed by atoms with Crippen molar-refractivity contribution in [2.24, 2.45) is 0 Å². The highest BCUT2D eigenvalue weighted by atomic mass is 79.9. The lowest BCUT2D eigenvalue weighted by Gasteiger charge is -2.21. The van der Waals surface area contributed by atoms with Crippen molar-refractivity contribution in [1.82, 2.24) is 0 Å². The zero-order chi connectivity index (χ0) is 15.4. The second-order valence-corrected chi connectivity index (χ2v) is 5.55. The van der Waals surface area contributed by atoms with Crippen LogP contribution in [0.4, 0.5) is 5.69 Å². The Morgan fingerprint density at radius 2 is 2.10 bits per heavy atom. The molecule has 0 spiro atoms. The molecule has 0 saturated heterocycles. The van der Waals surface area contributed by atoms with Gasteiger partial charge in [-0.1, -0.05) is 28.1 Å². The van der Waals surface area contributed by atoms with Gasteiger partial charge in [-0.25, -0.2) is 4.79 Å². The maximum absolute atomic E-state index is 11.3. The van der Waals surface area contributed by atoms with Gasteiger partial charge in [0.15, 0.2) is 0 Å². The summed E-state index contributed by atoms with van der Waals surface area (Å²) < 4.78 is 0.725. The van der Waals surface area contributed by atoms with Crippen molar-refractivity contribution in [3.63, 3.8) is 0 Å². The SMILES string of the molecule is CN(Cc1cccc(C#N)c1)c1ccc(Br)cc1C(=O)O. The minimum atomic E-state index is -0.969. The number of halogens is 1. The summed E-state index contributed by atoms with van der Waals surface area (Å²) in [6.45, 7) is 0.525. The van der Waals surface area contributed by atoms with Gasteiger partial charge < -0.3 is 10.0 Å². The van der Waals surface area contributed by atoms with Gasteiger partial charge in [-0.15, -0.1) is 0 Å². The van der Waals surface area contributed by atoms with E-state index in [2.05, 4.69) is 22.0 Å². The van der Waals surface area contributed by atoms with Gasteiger partial charge in [0, 0.05) is 18.1 Å². The Bertz CT molecular complexity index is 722. The topological polar surface area (TPSA) is 64.3 Å². The monoisotopic (exact) mass is 344 g/mol. The first-order valence-corrected chi connectivity index (χ1v) is 7.03. The van der Waals surface area contributed by atoms with Crippen LogP contribution in [0.1, 0.15) is 21.5 Å². The Balaban J connectivity index is 2.30. The number of nitrogens with zero attached hydrogens (tertiary/aromatic N) is 2. The molecule has 2 rings (SSSR count). The molecule has 0 bridgehead atoms. The molecule has 0 aliphatic rings. The largest absolute Gasteiger partial charge is 0.478 e. The standard InChI is InChI=1S/C16H13BrN2O2/c1-19(10-12-4-2-3-11(7-12)9-18)15-6-5-13(17)8-14(15)16(20)21/h2-8H,10H2,1H3,(H,20,21). The molecule has 0 heterocycles. The summed E-state index contributed by atoms with van der Waals surface area (Å²) in [6, 6.07) is 14.5. The van der Waals surface area contributed by atoms with E-state index < -0.39 is 5.97 Å². The zero-order valence-corrected chi connectivity index (χ0v) is 13.0. The molecule has 0 unspecified atom stereocenters. The van der Waals surface area contributed by atoms with Crippen LogP contribution in [0.5, 0.6) is 0 Å². The molecule has 106 valence electrons. The Morgan fingerprint density at radius 3 is 2.76 bits per heavy atom. The summed E-state index contributed by atoms with van der Waals surface area (Å²) >= 11 is 3.28. The van der Waals surface area contributed by atoms with Crippen molar-refractivity contribution in [1.29, 1.82) is 5.26 Å². The molecular weight excluding hydrogens is 332 g/mol. The Kier molecular flexibility index (Phi) is 4.61. The fourth-order valence-corrected chi connectivity index (χ4v) is 2.47. The van der Waals surface area contributed by atoms with Gasteiger partial charge >= 0.3 is 5.97 Å². The number of anilines is 1. The molecule has 0 atom stereocenters. The van der Waals surface area contributed by atoms with E-state index in [4.69, 9.17) is 5.26 Å². The van der Waals surface area contributed by atoms with Crippen LogP contribution in [0.2, 0.25) is 0 Å². The van der Waals surface area contributed by atoms with Crippen LogP contribution in [0.15, 0.2) is 46.9 Å². The van der Waals surface area contributed by atoms with E-state index in [0.717, 1.165) is 10.0 Å². The molecule has 0 radical (unpaired) electrons. The first-order valence-electron chi connectivity index (χ1n) is 6.24. The molecule has 2 aromatic carbocycles. The Hall–Kier alpha value is -2.32. The third-order valence-electron chi connectivity index (χ3n) is 3.08. The number of carbonyl (C=O) groups is 1. The summed E-state index contributed by atoms with van der Waals surface area (Å²) in [7, 11) is 1.83. The van der Waals surface area contributed by atoms with Gasteiger partial charge in [0.1, 0.15) is 0 Å². The van der Waals surface area contributed by atoms with Crippen molar-refractivity contribution < 1.29 is 9.90 Å². The van der Waals surface area contributed by atoms with Crippen LogP contribution in [-0.4, -0.2) is 18.1 Å². The average molecular weight is 345 g/mol. The smallest absolute Gasteiger partial charge is 0.337 e. The van der Waals surface area contributed by atoms with E-state index in [-0.39, 0.29) is 5.56 Å². The molecule has 0 aliphatic carbocycles. The second-order valence-electron chi connectivity index (χ2n) is 4.63. The second kappa shape index (κ2) is 6.42. The number of carboxylic acids is 1. The lowest BCUT2D eigenvalue weighted by molar-refractivity contribution is 0.0697. The molecule has 21 heavy (non-hydrogen) atoms. The van der Waals surface area contributed by atoms with E-state index in [1.165, 1.54) is 0 Å². The van der Waals surface area contributed by atoms with E-state index in [0.29, 0.717) is 17.8 Å². The minimum Gasteiger partial charge on any atom is -0.478 e. The molecule has 2 aromatic rings. The Labute approximate surface area is 131 Å². The number of benzene rings is 2. The molecule has 0 aromatic heterocycles. The van der Waals surface area contributed by atoms with Gasteiger partial charge in [0.25, 0.3) is 0 Å². The predicted molar refractivity (Wildman–Crippen MR) is 84.4 cm³/mol. The van der Waals surface area contributed by atoms with Crippen LogP contribution in [0, 0.1) is 11.3 Å². The lowest BCUT2D eigenvalue weighted by Crippen LogP contribution is -2.19. The van der Waals surface area contributed by atoms with Crippen LogP contribution >= 0.6 is 15.9 Å². The number of hydrogen-bond acceptors (Lipinski definition) is 3. The van der Waals surface area contributed by atoms with Crippen LogP contribution in [-0.2, 0) is 6.54 Å². The van der Waals surface area contributed by atoms with E-state index >= 15 is 0 Å². The fraction of sp³-hybridized carbons (Fsp3) is 0.125. The van der Waals surface area contributed by atoms with Gasteiger partial charge in [0.05, 0.1) is 22.9 Å². The lowest BCUT2D eigenvalue weighted by atomic mass is 10.1. The van der Waals surface area contributed by atoms with E-state index in [9.17, 15) is 9.90 Å². The van der Waals surface area contributed by atoms with Crippen molar-refractivity contribution >= 4 is 27.6 Å². The fourth-order valence-electron chi connectivity index (χ4n) is 2.11. The molecule has 4 nitrogen and oxygen atoms in total. The average Bonchev–Trinajstić information content (AvgIpc) is 2.47. The molecule has 0 saturated carbocycles. The van der Waals surface area contributed by atoms with Gasteiger partial charge in [-0.3, -0.25) is 0 Å². The van der Waals surface area contributed by atoms with Gasteiger partial charge in [-0.05, 0) is 35.9 Å². The minimum absolute atomic E-state index is 0.239. The van der Waals surface area contributed by atoms with Crippen LogP contribution < -0.4 is 4.90 Å². The maximum Gasteiger partial charge on any atom is 0.337 e. The number of hydrogen-bond donors (Lipinski definition) is 1. The highest BCUT2D eigenvalue weighted by Gasteiger charge is 2.14. The van der Waals surface area contributed by atoms with Crippen molar-refractivity contribution in [3.8, 4) is 6.07 Å². The number of carboxylic acid groups (broad SMARTS) is 1. The highest BCUT2D eigenvalue weighted by molar-refractivity contribution is 9.10. The van der Waals surface area contributed by atoms with E-state index in [1.54, 1.807) is 24.3 Å². The normalized spacial score (nSPS) is 9.95. The molecule has 0 amide bonds. The van der Waals surface area contributed by atoms with E-state index in [1.807, 2.05) is 30.1 Å². The molecule has 5 heteroatoms. The summed E-state index contributed by atoms with van der Waals surface area (Å²) in [5, 5.41) is 18.2. The summed E-state index contributed by atoms with van der Waals surface area (Å²) in [5.41, 5.74) is 2.42. The number of rotatable bonds is 4. The van der Waals surface area contributed by atoms with Gasteiger partial charge in [-0.2, -0.15) is 5.26 Å². The quantitative estimate of drug-likeness (QED) is 0.919. The maximum atomic E-state index is 11.3. The Morgan fingerprint density at radius 1 is 1.33 bits per heavy atom. The summed E-state index contributed by atoms with van der Waals surface area (Å²) in [5.74, 6) is -0.969. The molecule has 0 aliphatic heterocycles. The van der Waals surface area contributed by atoms with Crippen molar-refractivity contribution in [3.05, 3.63) is 63.6 Å². The summed E-state index contributed by atoms with van der Waals surface area (Å²) in [4.78, 5) is 13.2. The molecular formula is C16H13BrN2O2. The van der Waals surface area contributed by atoms with Crippen molar-refractivity contribution in [2.45, 2.75) is 6.54 Å².